The first-order valence-corrected chi connectivity index (χ1v) is 8.30. The summed E-state index contributed by atoms with van der Waals surface area (Å²) in [7, 11) is 0. The van der Waals surface area contributed by atoms with Crippen LogP contribution in [0.5, 0.6) is 0 Å². The molecule has 0 amide bonds. The van der Waals surface area contributed by atoms with Crippen LogP contribution in [-0.2, 0) is 0 Å². The number of rotatable bonds is 4. The maximum Gasteiger partial charge on any atom is 0.00940 e. The van der Waals surface area contributed by atoms with Crippen LogP contribution in [0.3, 0.4) is 0 Å². The highest BCUT2D eigenvalue weighted by Crippen LogP contribution is 2.26. The van der Waals surface area contributed by atoms with Crippen LogP contribution in [0.1, 0.15) is 65.2 Å². The Balaban J connectivity index is 1.70. The Hall–Kier alpha value is -0.0800. The van der Waals surface area contributed by atoms with E-state index in [4.69, 9.17) is 0 Å². The first-order chi connectivity index (χ1) is 8.81. The van der Waals surface area contributed by atoms with Crippen LogP contribution >= 0.6 is 0 Å². The zero-order valence-corrected chi connectivity index (χ0v) is 12.5. The lowest BCUT2D eigenvalue weighted by Crippen LogP contribution is -2.46. The molecule has 18 heavy (non-hydrogen) atoms. The van der Waals surface area contributed by atoms with E-state index in [1.807, 2.05) is 0 Å². The van der Waals surface area contributed by atoms with E-state index in [1.165, 1.54) is 71.0 Å². The molecular formula is C16H32N2. The van der Waals surface area contributed by atoms with Gasteiger partial charge in [0.25, 0.3) is 0 Å². The lowest BCUT2D eigenvalue weighted by Gasteiger charge is -2.34. The van der Waals surface area contributed by atoms with Crippen LogP contribution in [-0.4, -0.2) is 36.6 Å². The third-order valence-corrected chi connectivity index (χ3v) is 5.17. The number of nitrogens with one attached hydrogen (secondary N) is 1. The Morgan fingerprint density at radius 3 is 2.28 bits per heavy atom. The van der Waals surface area contributed by atoms with Gasteiger partial charge >= 0.3 is 0 Å². The zero-order valence-electron chi connectivity index (χ0n) is 12.5. The lowest BCUT2D eigenvalue weighted by atomic mass is 9.97. The molecule has 106 valence electrons. The molecule has 0 bridgehead atoms. The van der Waals surface area contributed by atoms with Gasteiger partial charge in [0.15, 0.2) is 0 Å². The van der Waals surface area contributed by atoms with Crippen molar-refractivity contribution in [2.24, 2.45) is 5.92 Å². The standard InChI is InChI=1S/C16H32N2/c1-3-14-6-5-7-15(9-8-14)17-16-10-12-18(4-2)13-11-16/h14-17H,3-13H2,1-2H3. The maximum atomic E-state index is 3.96. The van der Waals surface area contributed by atoms with E-state index in [2.05, 4.69) is 24.1 Å². The van der Waals surface area contributed by atoms with Crippen molar-refractivity contribution < 1.29 is 0 Å². The molecule has 1 heterocycles. The predicted octanol–water partition coefficient (Wildman–Crippen LogP) is 3.42. The minimum absolute atomic E-state index is 0.802. The molecule has 1 aliphatic heterocycles. The monoisotopic (exact) mass is 252 g/mol. The minimum Gasteiger partial charge on any atom is -0.311 e. The van der Waals surface area contributed by atoms with Gasteiger partial charge in [0.2, 0.25) is 0 Å². The van der Waals surface area contributed by atoms with E-state index >= 15 is 0 Å². The maximum absolute atomic E-state index is 3.96. The quantitative estimate of drug-likeness (QED) is 0.771. The Morgan fingerprint density at radius 2 is 1.61 bits per heavy atom. The molecule has 0 radical (unpaired) electrons. The molecule has 0 aromatic rings. The second-order valence-electron chi connectivity index (χ2n) is 6.35. The number of hydrogen-bond acceptors (Lipinski definition) is 2. The summed E-state index contributed by atoms with van der Waals surface area (Å²) < 4.78 is 0. The van der Waals surface area contributed by atoms with Gasteiger partial charge in [0.1, 0.15) is 0 Å². The molecule has 2 rings (SSSR count). The fraction of sp³-hybridized carbons (Fsp3) is 1.00. The van der Waals surface area contributed by atoms with Gasteiger partial charge in [-0.25, -0.2) is 0 Å². The number of nitrogens with zero attached hydrogens (tertiary/aromatic N) is 1. The lowest BCUT2D eigenvalue weighted by molar-refractivity contribution is 0.195. The van der Waals surface area contributed by atoms with Crippen molar-refractivity contribution in [1.29, 1.82) is 0 Å². The second-order valence-corrected chi connectivity index (χ2v) is 6.35. The summed E-state index contributed by atoms with van der Waals surface area (Å²) in [5.74, 6) is 1.01. The van der Waals surface area contributed by atoms with Crippen molar-refractivity contribution in [3.63, 3.8) is 0 Å². The van der Waals surface area contributed by atoms with E-state index in [0.717, 1.165) is 18.0 Å². The molecule has 2 aliphatic rings. The van der Waals surface area contributed by atoms with Gasteiger partial charge in [-0.1, -0.05) is 33.1 Å². The third kappa shape index (κ3) is 4.24. The van der Waals surface area contributed by atoms with Crippen LogP contribution in [0.4, 0.5) is 0 Å². The molecule has 1 aliphatic carbocycles. The van der Waals surface area contributed by atoms with E-state index in [-0.39, 0.29) is 0 Å². The summed E-state index contributed by atoms with van der Waals surface area (Å²) in [6, 6.07) is 1.62. The molecular weight excluding hydrogens is 220 g/mol. The predicted molar refractivity (Wildman–Crippen MR) is 78.9 cm³/mol. The summed E-state index contributed by atoms with van der Waals surface area (Å²) in [5.41, 5.74) is 0. The van der Waals surface area contributed by atoms with Crippen LogP contribution in [0.25, 0.3) is 0 Å². The minimum atomic E-state index is 0.802. The van der Waals surface area contributed by atoms with Gasteiger partial charge in [0, 0.05) is 12.1 Å². The van der Waals surface area contributed by atoms with Crippen molar-refractivity contribution in [3.8, 4) is 0 Å². The van der Waals surface area contributed by atoms with E-state index < -0.39 is 0 Å². The second kappa shape index (κ2) is 7.49. The topological polar surface area (TPSA) is 15.3 Å². The summed E-state index contributed by atoms with van der Waals surface area (Å²) in [4.78, 5) is 2.58. The summed E-state index contributed by atoms with van der Waals surface area (Å²) >= 11 is 0. The van der Waals surface area contributed by atoms with Crippen LogP contribution < -0.4 is 5.32 Å². The van der Waals surface area contributed by atoms with E-state index in [0.29, 0.717) is 0 Å². The van der Waals surface area contributed by atoms with Crippen molar-refractivity contribution in [3.05, 3.63) is 0 Å². The molecule has 2 atom stereocenters. The summed E-state index contributed by atoms with van der Waals surface area (Å²) in [6.07, 6.45) is 11.3. The van der Waals surface area contributed by atoms with Crippen LogP contribution in [0.2, 0.25) is 0 Å². The molecule has 0 aromatic carbocycles. The summed E-state index contributed by atoms with van der Waals surface area (Å²) in [5, 5.41) is 3.96. The van der Waals surface area contributed by atoms with Crippen molar-refractivity contribution >= 4 is 0 Å². The number of hydrogen-bond donors (Lipinski definition) is 1. The Bertz CT molecular complexity index is 221. The fourth-order valence-electron chi connectivity index (χ4n) is 3.70. The fourth-order valence-corrected chi connectivity index (χ4v) is 3.70. The Labute approximate surface area is 114 Å². The molecule has 2 unspecified atom stereocenters. The van der Waals surface area contributed by atoms with Gasteiger partial charge in [-0.05, 0) is 57.7 Å². The first kappa shape index (κ1) is 14.3. The number of likely N-dealkylation sites (tertiary alicyclic amines) is 1. The Morgan fingerprint density at radius 1 is 0.889 bits per heavy atom. The van der Waals surface area contributed by atoms with Crippen molar-refractivity contribution in [2.75, 3.05) is 19.6 Å². The average molecular weight is 252 g/mol. The van der Waals surface area contributed by atoms with E-state index in [1.54, 1.807) is 0 Å². The number of piperidine rings is 1. The average Bonchev–Trinajstić information content (AvgIpc) is 2.65. The first-order valence-electron chi connectivity index (χ1n) is 8.30. The van der Waals surface area contributed by atoms with Crippen molar-refractivity contribution in [1.82, 2.24) is 10.2 Å². The van der Waals surface area contributed by atoms with Gasteiger partial charge in [-0.2, -0.15) is 0 Å². The molecule has 1 saturated heterocycles. The van der Waals surface area contributed by atoms with E-state index in [9.17, 15) is 0 Å². The molecule has 2 nitrogen and oxygen atoms in total. The van der Waals surface area contributed by atoms with Crippen LogP contribution in [0, 0.1) is 5.92 Å². The molecule has 2 heteroatoms. The SMILES string of the molecule is CCC1CCCC(NC2CCN(CC)CC2)CC1. The van der Waals surface area contributed by atoms with Crippen LogP contribution in [0.15, 0.2) is 0 Å². The molecule has 0 spiro atoms. The van der Waals surface area contributed by atoms with Gasteiger partial charge < -0.3 is 10.2 Å². The normalized spacial score (nSPS) is 32.3. The largest absolute Gasteiger partial charge is 0.311 e. The van der Waals surface area contributed by atoms with Gasteiger partial charge in [-0.3, -0.25) is 0 Å². The molecule has 2 fully saturated rings. The molecule has 1 N–H and O–H groups in total. The smallest absolute Gasteiger partial charge is 0.00940 e. The zero-order chi connectivity index (χ0) is 12.8. The highest BCUT2D eigenvalue weighted by Gasteiger charge is 2.23. The van der Waals surface area contributed by atoms with Crippen molar-refractivity contribution in [2.45, 2.75) is 77.3 Å². The molecule has 0 aromatic heterocycles. The van der Waals surface area contributed by atoms with Gasteiger partial charge in [-0.15, -0.1) is 0 Å². The highest BCUT2D eigenvalue weighted by atomic mass is 15.1. The third-order valence-electron chi connectivity index (χ3n) is 5.17. The molecule has 1 saturated carbocycles. The van der Waals surface area contributed by atoms with Gasteiger partial charge in [0.05, 0.1) is 0 Å². The highest BCUT2D eigenvalue weighted by molar-refractivity contribution is 4.82. The Kier molecular flexibility index (Phi) is 5.97. The summed E-state index contributed by atoms with van der Waals surface area (Å²) in [6.45, 7) is 8.48.